The zero-order valence-corrected chi connectivity index (χ0v) is 11.8. The molecule has 3 nitrogen and oxygen atoms in total. The predicted octanol–water partition coefficient (Wildman–Crippen LogP) is 3.16. The van der Waals surface area contributed by atoms with Crippen molar-refractivity contribution in [2.75, 3.05) is 6.54 Å². The SMILES string of the molecule is CC(C)N(CCn1cnc2ccccc21)C(C)C. The summed E-state index contributed by atoms with van der Waals surface area (Å²) in [5.74, 6) is 0. The minimum atomic E-state index is 0.583. The third kappa shape index (κ3) is 2.72. The largest absolute Gasteiger partial charge is 0.329 e. The molecule has 3 heteroatoms. The Morgan fingerprint density at radius 2 is 1.78 bits per heavy atom. The number of para-hydroxylation sites is 2. The number of rotatable bonds is 5. The monoisotopic (exact) mass is 245 g/mol. The molecule has 0 atom stereocenters. The second kappa shape index (κ2) is 5.53. The Bertz CT molecular complexity index is 491. The van der Waals surface area contributed by atoms with Gasteiger partial charge in [-0.3, -0.25) is 4.90 Å². The van der Waals surface area contributed by atoms with E-state index in [1.54, 1.807) is 0 Å². The summed E-state index contributed by atoms with van der Waals surface area (Å²) >= 11 is 0. The zero-order valence-electron chi connectivity index (χ0n) is 11.8. The summed E-state index contributed by atoms with van der Waals surface area (Å²) < 4.78 is 2.24. The maximum atomic E-state index is 4.43. The Hall–Kier alpha value is -1.35. The molecule has 0 N–H and O–H groups in total. The molecule has 1 heterocycles. The molecule has 0 fully saturated rings. The first kappa shape index (κ1) is 13.1. The summed E-state index contributed by atoms with van der Waals surface area (Å²) in [7, 11) is 0. The molecule has 0 spiro atoms. The Kier molecular flexibility index (Phi) is 4.02. The summed E-state index contributed by atoms with van der Waals surface area (Å²) in [4.78, 5) is 6.94. The quantitative estimate of drug-likeness (QED) is 0.807. The molecule has 18 heavy (non-hydrogen) atoms. The maximum absolute atomic E-state index is 4.43. The average molecular weight is 245 g/mol. The number of nitrogens with zero attached hydrogens (tertiary/aromatic N) is 3. The Labute approximate surface area is 109 Å². The van der Waals surface area contributed by atoms with Crippen molar-refractivity contribution in [3.8, 4) is 0 Å². The van der Waals surface area contributed by atoms with E-state index in [1.807, 2.05) is 12.4 Å². The van der Waals surface area contributed by atoms with E-state index in [-0.39, 0.29) is 0 Å². The fourth-order valence-corrected chi connectivity index (χ4v) is 2.52. The third-order valence-electron chi connectivity index (χ3n) is 3.45. The van der Waals surface area contributed by atoms with Crippen LogP contribution in [0.5, 0.6) is 0 Å². The highest BCUT2D eigenvalue weighted by Gasteiger charge is 2.13. The van der Waals surface area contributed by atoms with Gasteiger partial charge in [0.15, 0.2) is 0 Å². The number of benzene rings is 1. The van der Waals surface area contributed by atoms with Crippen molar-refractivity contribution in [1.82, 2.24) is 14.5 Å². The Balaban J connectivity index is 2.10. The lowest BCUT2D eigenvalue weighted by Crippen LogP contribution is -2.39. The molecule has 0 radical (unpaired) electrons. The molecule has 1 aromatic carbocycles. The van der Waals surface area contributed by atoms with Gasteiger partial charge in [0.1, 0.15) is 0 Å². The topological polar surface area (TPSA) is 21.1 Å². The molecular weight excluding hydrogens is 222 g/mol. The first-order valence-corrected chi connectivity index (χ1v) is 6.75. The van der Waals surface area contributed by atoms with E-state index >= 15 is 0 Å². The van der Waals surface area contributed by atoms with Crippen molar-refractivity contribution in [3.05, 3.63) is 30.6 Å². The van der Waals surface area contributed by atoms with Crippen LogP contribution in [0, 0.1) is 0 Å². The van der Waals surface area contributed by atoms with Crippen LogP contribution >= 0.6 is 0 Å². The fraction of sp³-hybridized carbons (Fsp3) is 0.533. The summed E-state index contributed by atoms with van der Waals surface area (Å²) in [6, 6.07) is 9.48. The fourth-order valence-electron chi connectivity index (χ4n) is 2.52. The van der Waals surface area contributed by atoms with Crippen LogP contribution in [-0.4, -0.2) is 33.1 Å². The van der Waals surface area contributed by atoms with E-state index in [2.05, 4.69) is 60.3 Å². The smallest absolute Gasteiger partial charge is 0.0958 e. The molecular formula is C15H23N3. The molecule has 0 saturated carbocycles. The van der Waals surface area contributed by atoms with E-state index in [0.717, 1.165) is 18.6 Å². The number of aromatic nitrogens is 2. The first-order valence-electron chi connectivity index (χ1n) is 6.75. The second-order valence-electron chi connectivity index (χ2n) is 5.35. The van der Waals surface area contributed by atoms with Gasteiger partial charge in [0.05, 0.1) is 17.4 Å². The van der Waals surface area contributed by atoms with Crippen LogP contribution in [0.3, 0.4) is 0 Å². The zero-order chi connectivity index (χ0) is 13.1. The lowest BCUT2D eigenvalue weighted by atomic mass is 10.2. The van der Waals surface area contributed by atoms with Crippen molar-refractivity contribution >= 4 is 11.0 Å². The third-order valence-corrected chi connectivity index (χ3v) is 3.45. The molecule has 98 valence electrons. The van der Waals surface area contributed by atoms with Crippen LogP contribution < -0.4 is 0 Å². The van der Waals surface area contributed by atoms with Gasteiger partial charge in [0.25, 0.3) is 0 Å². The number of hydrogen-bond acceptors (Lipinski definition) is 2. The summed E-state index contributed by atoms with van der Waals surface area (Å²) in [5.41, 5.74) is 2.31. The Morgan fingerprint density at radius 3 is 2.44 bits per heavy atom. The highest BCUT2D eigenvalue weighted by molar-refractivity contribution is 5.74. The molecule has 2 aromatic rings. The molecule has 0 amide bonds. The van der Waals surface area contributed by atoms with Crippen LogP contribution in [0.2, 0.25) is 0 Å². The highest BCUT2D eigenvalue weighted by Crippen LogP contribution is 2.12. The minimum absolute atomic E-state index is 0.583. The normalized spacial score (nSPS) is 12.2. The number of fused-ring (bicyclic) bond motifs is 1. The molecule has 2 rings (SSSR count). The number of hydrogen-bond donors (Lipinski definition) is 0. The first-order chi connectivity index (χ1) is 8.59. The van der Waals surface area contributed by atoms with Gasteiger partial charge in [0, 0.05) is 25.2 Å². The lowest BCUT2D eigenvalue weighted by molar-refractivity contribution is 0.169. The van der Waals surface area contributed by atoms with Crippen molar-refractivity contribution < 1.29 is 0 Å². The van der Waals surface area contributed by atoms with Gasteiger partial charge in [-0.1, -0.05) is 12.1 Å². The molecule has 0 bridgehead atoms. The van der Waals surface area contributed by atoms with Gasteiger partial charge in [-0.2, -0.15) is 0 Å². The lowest BCUT2D eigenvalue weighted by Gasteiger charge is -2.30. The summed E-state index contributed by atoms with van der Waals surface area (Å²) in [6.07, 6.45) is 1.95. The molecule has 0 unspecified atom stereocenters. The van der Waals surface area contributed by atoms with Crippen molar-refractivity contribution in [3.63, 3.8) is 0 Å². The van der Waals surface area contributed by atoms with E-state index in [0.29, 0.717) is 12.1 Å². The number of imidazole rings is 1. The van der Waals surface area contributed by atoms with E-state index < -0.39 is 0 Å². The molecule has 0 saturated heterocycles. The van der Waals surface area contributed by atoms with E-state index in [9.17, 15) is 0 Å². The average Bonchev–Trinajstić information content (AvgIpc) is 2.72. The van der Waals surface area contributed by atoms with Gasteiger partial charge in [0.2, 0.25) is 0 Å². The van der Waals surface area contributed by atoms with E-state index in [4.69, 9.17) is 0 Å². The van der Waals surface area contributed by atoms with Crippen LogP contribution in [0.1, 0.15) is 27.7 Å². The van der Waals surface area contributed by atoms with Crippen molar-refractivity contribution in [1.29, 1.82) is 0 Å². The molecule has 0 aliphatic rings. The van der Waals surface area contributed by atoms with Gasteiger partial charge in [-0.05, 0) is 39.8 Å². The predicted molar refractivity (Wildman–Crippen MR) is 76.7 cm³/mol. The van der Waals surface area contributed by atoms with Gasteiger partial charge in [-0.25, -0.2) is 4.98 Å². The van der Waals surface area contributed by atoms with Crippen LogP contribution in [0.4, 0.5) is 0 Å². The van der Waals surface area contributed by atoms with Gasteiger partial charge in [-0.15, -0.1) is 0 Å². The second-order valence-corrected chi connectivity index (χ2v) is 5.35. The van der Waals surface area contributed by atoms with Gasteiger partial charge < -0.3 is 4.57 Å². The van der Waals surface area contributed by atoms with Crippen LogP contribution in [-0.2, 0) is 6.54 Å². The summed E-state index contributed by atoms with van der Waals surface area (Å²) in [6.45, 7) is 11.1. The minimum Gasteiger partial charge on any atom is -0.329 e. The van der Waals surface area contributed by atoms with Crippen molar-refractivity contribution in [2.24, 2.45) is 0 Å². The van der Waals surface area contributed by atoms with Gasteiger partial charge >= 0.3 is 0 Å². The summed E-state index contributed by atoms with van der Waals surface area (Å²) in [5, 5.41) is 0. The van der Waals surface area contributed by atoms with Crippen LogP contribution in [0.25, 0.3) is 11.0 Å². The van der Waals surface area contributed by atoms with E-state index in [1.165, 1.54) is 5.52 Å². The van der Waals surface area contributed by atoms with Crippen LogP contribution in [0.15, 0.2) is 30.6 Å². The maximum Gasteiger partial charge on any atom is 0.0958 e. The standard InChI is InChI=1S/C15H23N3/c1-12(2)18(13(3)4)10-9-17-11-16-14-7-5-6-8-15(14)17/h5-8,11-13H,9-10H2,1-4H3. The molecule has 0 aliphatic heterocycles. The molecule has 0 aliphatic carbocycles. The Morgan fingerprint density at radius 1 is 1.11 bits per heavy atom. The van der Waals surface area contributed by atoms with Crippen molar-refractivity contribution in [2.45, 2.75) is 46.3 Å². The highest BCUT2D eigenvalue weighted by atomic mass is 15.2. The molecule has 1 aromatic heterocycles.